The molecule has 0 aliphatic carbocycles. The van der Waals surface area contributed by atoms with Gasteiger partial charge in [-0.1, -0.05) is 13.8 Å². The van der Waals surface area contributed by atoms with Gasteiger partial charge < -0.3 is 5.11 Å². The van der Waals surface area contributed by atoms with Gasteiger partial charge in [0.25, 0.3) is 0 Å². The highest BCUT2D eigenvalue weighted by Gasteiger charge is 2.11. The summed E-state index contributed by atoms with van der Waals surface area (Å²) < 4.78 is 0. The molecular weight excluding hydrogens is 180 g/mol. The van der Waals surface area contributed by atoms with Gasteiger partial charge in [0.1, 0.15) is 5.82 Å². The molecule has 4 heteroatoms. The number of carboxylic acids is 1. The summed E-state index contributed by atoms with van der Waals surface area (Å²) in [4.78, 5) is 18.8. The molecule has 1 N–H and O–H groups in total. The van der Waals surface area contributed by atoms with E-state index in [4.69, 9.17) is 5.11 Å². The number of rotatable bonds is 3. The van der Waals surface area contributed by atoms with E-state index in [1.54, 1.807) is 13.0 Å². The van der Waals surface area contributed by atoms with Crippen molar-refractivity contribution in [2.45, 2.75) is 33.1 Å². The molecule has 0 unspecified atom stereocenters. The fourth-order valence-electron chi connectivity index (χ4n) is 1.16. The van der Waals surface area contributed by atoms with Crippen LogP contribution in [-0.4, -0.2) is 21.0 Å². The Morgan fingerprint density at radius 3 is 2.71 bits per heavy atom. The fourth-order valence-corrected chi connectivity index (χ4v) is 1.16. The molecule has 0 aliphatic rings. The van der Waals surface area contributed by atoms with Gasteiger partial charge in [-0.2, -0.15) is 0 Å². The lowest BCUT2D eigenvalue weighted by Crippen LogP contribution is -2.07. The van der Waals surface area contributed by atoms with E-state index in [-0.39, 0.29) is 11.6 Å². The zero-order chi connectivity index (χ0) is 10.7. The maximum absolute atomic E-state index is 10.7. The molecule has 1 rings (SSSR count). The number of nitrogens with zero attached hydrogens (tertiary/aromatic N) is 2. The van der Waals surface area contributed by atoms with Crippen molar-refractivity contribution in [3.05, 3.63) is 23.3 Å². The maximum atomic E-state index is 10.7. The number of carboxylic acid groups (broad SMARTS) is 1. The SMILES string of the molecule is CC[C@H](C)c1cc(C(=O)O)nc(C)n1. The molecule has 1 aromatic heterocycles. The van der Waals surface area contributed by atoms with E-state index in [1.807, 2.05) is 13.8 Å². The van der Waals surface area contributed by atoms with Gasteiger partial charge in [-0.25, -0.2) is 14.8 Å². The minimum atomic E-state index is -1.000. The number of carbonyl (C=O) groups is 1. The minimum absolute atomic E-state index is 0.0767. The lowest BCUT2D eigenvalue weighted by atomic mass is 10.0. The summed E-state index contributed by atoms with van der Waals surface area (Å²) in [7, 11) is 0. The topological polar surface area (TPSA) is 63.1 Å². The Balaban J connectivity index is 3.13. The second-order valence-corrected chi connectivity index (χ2v) is 3.34. The van der Waals surface area contributed by atoms with Crippen LogP contribution in [0.1, 0.15) is 48.2 Å². The van der Waals surface area contributed by atoms with Crippen LogP contribution in [-0.2, 0) is 0 Å². The van der Waals surface area contributed by atoms with Crippen molar-refractivity contribution in [1.29, 1.82) is 0 Å². The molecule has 1 atom stereocenters. The normalized spacial score (nSPS) is 12.5. The van der Waals surface area contributed by atoms with Crippen LogP contribution in [0.15, 0.2) is 6.07 Å². The summed E-state index contributed by atoms with van der Waals surface area (Å²) >= 11 is 0. The lowest BCUT2D eigenvalue weighted by Gasteiger charge is -2.08. The average molecular weight is 194 g/mol. The number of hydrogen-bond donors (Lipinski definition) is 1. The maximum Gasteiger partial charge on any atom is 0.354 e. The molecule has 1 aromatic rings. The molecule has 0 aliphatic heterocycles. The first kappa shape index (κ1) is 10.6. The van der Waals surface area contributed by atoms with Gasteiger partial charge in [-0.15, -0.1) is 0 Å². The van der Waals surface area contributed by atoms with Crippen LogP contribution in [0.5, 0.6) is 0 Å². The van der Waals surface area contributed by atoms with E-state index in [0.717, 1.165) is 12.1 Å². The van der Waals surface area contributed by atoms with Crippen molar-refractivity contribution in [2.24, 2.45) is 0 Å². The van der Waals surface area contributed by atoms with Crippen molar-refractivity contribution >= 4 is 5.97 Å². The van der Waals surface area contributed by atoms with Gasteiger partial charge in [0, 0.05) is 5.69 Å². The quantitative estimate of drug-likeness (QED) is 0.799. The molecule has 1 heterocycles. The van der Waals surface area contributed by atoms with Gasteiger partial charge in [0.05, 0.1) is 0 Å². The molecule has 14 heavy (non-hydrogen) atoms. The van der Waals surface area contributed by atoms with Crippen molar-refractivity contribution in [1.82, 2.24) is 9.97 Å². The van der Waals surface area contributed by atoms with E-state index >= 15 is 0 Å². The molecule has 0 spiro atoms. The summed E-state index contributed by atoms with van der Waals surface area (Å²) in [5.74, 6) is -0.213. The molecule has 0 bridgehead atoms. The Morgan fingerprint density at radius 1 is 1.57 bits per heavy atom. The Kier molecular flexibility index (Phi) is 3.17. The number of aromatic nitrogens is 2. The highest BCUT2D eigenvalue weighted by atomic mass is 16.4. The fraction of sp³-hybridized carbons (Fsp3) is 0.500. The lowest BCUT2D eigenvalue weighted by molar-refractivity contribution is 0.0689. The summed E-state index contributed by atoms with van der Waals surface area (Å²) in [6.07, 6.45) is 0.940. The Hall–Kier alpha value is -1.45. The average Bonchev–Trinajstić information content (AvgIpc) is 2.15. The molecule has 0 saturated carbocycles. The van der Waals surface area contributed by atoms with Crippen LogP contribution < -0.4 is 0 Å². The first-order valence-corrected chi connectivity index (χ1v) is 4.63. The van der Waals surface area contributed by atoms with Crippen LogP contribution in [0, 0.1) is 6.92 Å². The number of aryl methyl sites for hydroxylation is 1. The smallest absolute Gasteiger partial charge is 0.354 e. The van der Waals surface area contributed by atoms with Crippen molar-refractivity contribution in [3.63, 3.8) is 0 Å². The zero-order valence-electron chi connectivity index (χ0n) is 8.61. The summed E-state index contributed by atoms with van der Waals surface area (Å²) in [5, 5.41) is 8.80. The predicted molar refractivity (Wildman–Crippen MR) is 52.4 cm³/mol. The molecule has 0 aromatic carbocycles. The third-order valence-corrected chi connectivity index (χ3v) is 2.19. The van der Waals surface area contributed by atoms with Gasteiger partial charge in [-0.3, -0.25) is 0 Å². The van der Waals surface area contributed by atoms with Crippen molar-refractivity contribution in [2.75, 3.05) is 0 Å². The van der Waals surface area contributed by atoms with Crippen LogP contribution in [0.3, 0.4) is 0 Å². The Bertz CT molecular complexity index is 350. The van der Waals surface area contributed by atoms with E-state index in [0.29, 0.717) is 5.82 Å². The monoisotopic (exact) mass is 194 g/mol. The Morgan fingerprint density at radius 2 is 2.21 bits per heavy atom. The highest BCUT2D eigenvalue weighted by molar-refractivity contribution is 5.85. The second kappa shape index (κ2) is 4.17. The Labute approximate surface area is 83.0 Å². The van der Waals surface area contributed by atoms with Gasteiger partial charge in [0.2, 0.25) is 0 Å². The molecule has 4 nitrogen and oxygen atoms in total. The summed E-state index contributed by atoms with van der Waals surface area (Å²) in [5.41, 5.74) is 0.880. The van der Waals surface area contributed by atoms with E-state index in [9.17, 15) is 4.79 Å². The van der Waals surface area contributed by atoms with Crippen LogP contribution in [0.2, 0.25) is 0 Å². The zero-order valence-corrected chi connectivity index (χ0v) is 8.61. The number of hydrogen-bond acceptors (Lipinski definition) is 3. The molecule has 76 valence electrons. The van der Waals surface area contributed by atoms with Crippen LogP contribution >= 0.6 is 0 Å². The highest BCUT2D eigenvalue weighted by Crippen LogP contribution is 2.16. The molecular formula is C10H14N2O2. The minimum Gasteiger partial charge on any atom is -0.477 e. The molecule has 0 amide bonds. The van der Waals surface area contributed by atoms with Gasteiger partial charge in [0.15, 0.2) is 5.69 Å². The largest absolute Gasteiger partial charge is 0.477 e. The van der Waals surface area contributed by atoms with Gasteiger partial charge in [-0.05, 0) is 25.3 Å². The van der Waals surface area contributed by atoms with Crippen LogP contribution in [0.25, 0.3) is 0 Å². The molecule has 0 radical (unpaired) electrons. The predicted octanol–water partition coefficient (Wildman–Crippen LogP) is 2.00. The summed E-state index contributed by atoms with van der Waals surface area (Å²) in [6.45, 7) is 5.77. The van der Waals surface area contributed by atoms with Crippen molar-refractivity contribution < 1.29 is 9.90 Å². The third-order valence-electron chi connectivity index (χ3n) is 2.19. The van der Waals surface area contributed by atoms with E-state index < -0.39 is 5.97 Å². The van der Waals surface area contributed by atoms with Crippen LogP contribution in [0.4, 0.5) is 0 Å². The first-order chi connectivity index (χ1) is 6.54. The second-order valence-electron chi connectivity index (χ2n) is 3.34. The molecule has 0 saturated heterocycles. The molecule has 0 fully saturated rings. The van der Waals surface area contributed by atoms with Crippen molar-refractivity contribution in [3.8, 4) is 0 Å². The summed E-state index contributed by atoms with van der Waals surface area (Å²) in [6, 6.07) is 1.55. The van der Waals surface area contributed by atoms with Gasteiger partial charge >= 0.3 is 5.97 Å². The van der Waals surface area contributed by atoms with E-state index in [2.05, 4.69) is 9.97 Å². The third kappa shape index (κ3) is 2.28. The number of aromatic carboxylic acids is 1. The first-order valence-electron chi connectivity index (χ1n) is 4.63. The van der Waals surface area contributed by atoms with E-state index in [1.165, 1.54) is 0 Å². The standard InChI is InChI=1S/C10H14N2O2/c1-4-6(2)8-5-9(10(13)14)12-7(3)11-8/h5-6H,4H2,1-3H3,(H,13,14)/t6-/m0/s1.